The van der Waals surface area contributed by atoms with E-state index in [-0.39, 0.29) is 6.54 Å². The van der Waals surface area contributed by atoms with Gasteiger partial charge in [0.25, 0.3) is 0 Å². The quantitative estimate of drug-likeness (QED) is 0.770. The van der Waals surface area contributed by atoms with E-state index in [1.807, 2.05) is 30.3 Å². The van der Waals surface area contributed by atoms with Gasteiger partial charge >= 0.3 is 5.97 Å². The smallest absolute Gasteiger partial charge is 0.317 e. The molecule has 1 rings (SSSR count). The number of hydrogen-bond donors (Lipinski definition) is 1. The zero-order chi connectivity index (χ0) is 12.7. The largest absolute Gasteiger partial charge is 0.468 e. The number of methoxy groups -OCH3 is 1. The predicted molar refractivity (Wildman–Crippen MR) is 64.4 cm³/mol. The summed E-state index contributed by atoms with van der Waals surface area (Å²) in [7, 11) is 1.32. The first-order valence-corrected chi connectivity index (χ1v) is 5.61. The van der Waals surface area contributed by atoms with Crippen molar-refractivity contribution >= 4 is 5.97 Å². The van der Waals surface area contributed by atoms with E-state index >= 15 is 0 Å². The molecule has 0 saturated heterocycles. The van der Waals surface area contributed by atoms with Crippen LogP contribution >= 0.6 is 0 Å². The summed E-state index contributed by atoms with van der Waals surface area (Å²) in [6, 6.07) is 9.16. The van der Waals surface area contributed by atoms with E-state index in [0.717, 1.165) is 5.56 Å². The van der Waals surface area contributed by atoms with Gasteiger partial charge < -0.3 is 10.5 Å². The zero-order valence-corrected chi connectivity index (χ0v) is 9.99. The molecule has 0 aliphatic carbocycles. The lowest BCUT2D eigenvalue weighted by molar-refractivity contribution is -0.147. The maximum Gasteiger partial charge on any atom is 0.317 e. The van der Waals surface area contributed by atoms with Crippen LogP contribution in [0.25, 0.3) is 0 Å². The van der Waals surface area contributed by atoms with E-state index in [1.165, 1.54) is 7.11 Å². The molecule has 2 N–H and O–H groups in total. The first kappa shape index (κ1) is 13.6. The predicted octanol–water partition coefficient (Wildman–Crippen LogP) is 1.81. The molecule has 0 aromatic heterocycles. The van der Waals surface area contributed by atoms with Crippen LogP contribution in [0.3, 0.4) is 0 Å². The van der Waals surface area contributed by atoms with Crippen molar-refractivity contribution < 1.29 is 13.9 Å². The van der Waals surface area contributed by atoms with E-state index in [9.17, 15) is 9.18 Å². The Bertz CT molecular complexity index is 356. The number of halogens is 1. The molecule has 94 valence electrons. The highest BCUT2D eigenvalue weighted by atomic mass is 19.1. The molecule has 1 unspecified atom stereocenters. The van der Waals surface area contributed by atoms with Gasteiger partial charge in [-0.05, 0) is 18.4 Å². The number of ether oxygens (including phenoxy) is 1. The highest BCUT2D eigenvalue weighted by Gasteiger charge is 2.39. The van der Waals surface area contributed by atoms with Crippen molar-refractivity contribution in [3.63, 3.8) is 0 Å². The summed E-state index contributed by atoms with van der Waals surface area (Å²) >= 11 is 0. The van der Waals surface area contributed by atoms with Crippen LogP contribution in [0, 0.1) is 0 Å². The Labute approximate surface area is 101 Å². The lowest BCUT2D eigenvalue weighted by Crippen LogP contribution is -2.44. The third-order valence-corrected chi connectivity index (χ3v) is 2.99. The molecule has 4 heteroatoms. The maximum atomic E-state index is 12.3. The summed E-state index contributed by atoms with van der Waals surface area (Å²) in [5.74, 6) is -0.403. The third kappa shape index (κ3) is 2.82. The lowest BCUT2D eigenvalue weighted by atomic mass is 9.76. The van der Waals surface area contributed by atoms with E-state index in [4.69, 9.17) is 10.5 Å². The molecule has 0 radical (unpaired) electrons. The first-order chi connectivity index (χ1) is 8.21. The Hall–Kier alpha value is -1.42. The normalized spacial score (nSPS) is 14.1. The van der Waals surface area contributed by atoms with Crippen LogP contribution in [-0.4, -0.2) is 26.3 Å². The van der Waals surface area contributed by atoms with Crippen molar-refractivity contribution in [2.24, 2.45) is 5.73 Å². The van der Waals surface area contributed by atoms with Gasteiger partial charge in [-0.1, -0.05) is 30.3 Å². The van der Waals surface area contributed by atoms with Gasteiger partial charge in [-0.2, -0.15) is 0 Å². The van der Waals surface area contributed by atoms with Crippen molar-refractivity contribution in [2.45, 2.75) is 18.3 Å². The molecule has 0 amide bonds. The van der Waals surface area contributed by atoms with Gasteiger partial charge in [0, 0.05) is 6.54 Å². The van der Waals surface area contributed by atoms with Crippen molar-refractivity contribution in [3.8, 4) is 0 Å². The maximum absolute atomic E-state index is 12.3. The van der Waals surface area contributed by atoms with Crippen LogP contribution in [-0.2, 0) is 14.9 Å². The summed E-state index contributed by atoms with van der Waals surface area (Å²) in [6.07, 6.45) is 0.651. The Balaban J connectivity index is 3.11. The fourth-order valence-corrected chi connectivity index (χ4v) is 1.99. The highest BCUT2D eigenvalue weighted by Crippen LogP contribution is 2.30. The molecular formula is C13H18FNO2. The van der Waals surface area contributed by atoms with E-state index in [2.05, 4.69) is 0 Å². The van der Waals surface area contributed by atoms with Crippen molar-refractivity contribution in [2.75, 3.05) is 20.3 Å². The van der Waals surface area contributed by atoms with Crippen LogP contribution in [0.1, 0.15) is 18.4 Å². The van der Waals surface area contributed by atoms with Crippen LogP contribution in [0.2, 0.25) is 0 Å². The molecule has 1 atom stereocenters. The molecule has 0 saturated carbocycles. The van der Waals surface area contributed by atoms with Gasteiger partial charge in [-0.25, -0.2) is 0 Å². The first-order valence-electron chi connectivity index (χ1n) is 5.61. The second kappa shape index (κ2) is 6.35. The third-order valence-electron chi connectivity index (χ3n) is 2.99. The molecule has 0 aliphatic rings. The minimum atomic E-state index is -0.928. The fraction of sp³-hybridized carbons (Fsp3) is 0.462. The minimum Gasteiger partial charge on any atom is -0.468 e. The van der Waals surface area contributed by atoms with Gasteiger partial charge in [0.2, 0.25) is 0 Å². The minimum absolute atomic E-state index is 0.115. The van der Waals surface area contributed by atoms with E-state index < -0.39 is 18.1 Å². The van der Waals surface area contributed by atoms with E-state index in [0.29, 0.717) is 12.8 Å². The Morgan fingerprint density at radius 1 is 1.41 bits per heavy atom. The number of esters is 1. The van der Waals surface area contributed by atoms with Gasteiger partial charge in [-0.3, -0.25) is 9.18 Å². The molecule has 0 aliphatic heterocycles. The summed E-state index contributed by atoms with van der Waals surface area (Å²) in [6.45, 7) is -0.352. The van der Waals surface area contributed by atoms with Crippen LogP contribution in [0.15, 0.2) is 30.3 Å². The lowest BCUT2D eigenvalue weighted by Gasteiger charge is -2.29. The second-order valence-electron chi connectivity index (χ2n) is 3.94. The molecule has 0 fully saturated rings. The Morgan fingerprint density at radius 2 is 2.06 bits per heavy atom. The van der Waals surface area contributed by atoms with Crippen molar-refractivity contribution in [1.82, 2.24) is 0 Å². The SMILES string of the molecule is COC(=O)C(CN)(CCCF)c1ccccc1. The number of carbonyl (C=O) groups excluding carboxylic acids is 1. The summed E-state index contributed by atoms with van der Waals surface area (Å²) in [5.41, 5.74) is 5.59. The average molecular weight is 239 g/mol. The summed E-state index contributed by atoms with van der Waals surface area (Å²) in [5, 5.41) is 0. The highest BCUT2D eigenvalue weighted by molar-refractivity contribution is 5.83. The Morgan fingerprint density at radius 3 is 2.53 bits per heavy atom. The topological polar surface area (TPSA) is 52.3 Å². The molecule has 3 nitrogen and oxygen atoms in total. The molecule has 1 aromatic carbocycles. The second-order valence-corrected chi connectivity index (χ2v) is 3.94. The van der Waals surface area contributed by atoms with Crippen molar-refractivity contribution in [3.05, 3.63) is 35.9 Å². The number of hydrogen-bond acceptors (Lipinski definition) is 3. The number of carbonyl (C=O) groups is 1. The van der Waals surface area contributed by atoms with Gasteiger partial charge in [0.15, 0.2) is 0 Å². The van der Waals surface area contributed by atoms with Crippen molar-refractivity contribution in [1.29, 1.82) is 0 Å². The number of alkyl halides is 1. The van der Waals surface area contributed by atoms with Crippen LogP contribution in [0.5, 0.6) is 0 Å². The van der Waals surface area contributed by atoms with Crippen LogP contribution in [0.4, 0.5) is 4.39 Å². The molecule has 0 heterocycles. The number of nitrogens with two attached hydrogens (primary N) is 1. The Kier molecular flexibility index (Phi) is 5.10. The van der Waals surface area contributed by atoms with Crippen LogP contribution < -0.4 is 5.73 Å². The monoisotopic (exact) mass is 239 g/mol. The number of benzene rings is 1. The standard InChI is InChI=1S/C13H18FNO2/c1-17-12(16)13(10-15,8-5-9-14)11-6-3-2-4-7-11/h2-4,6-7H,5,8-10,15H2,1H3. The molecule has 0 bridgehead atoms. The molecule has 17 heavy (non-hydrogen) atoms. The molecule has 1 aromatic rings. The number of rotatable bonds is 6. The average Bonchev–Trinajstić information content (AvgIpc) is 2.41. The molecule has 0 spiro atoms. The van der Waals surface area contributed by atoms with Gasteiger partial charge in [0.1, 0.15) is 5.41 Å². The van der Waals surface area contributed by atoms with Gasteiger partial charge in [-0.15, -0.1) is 0 Å². The zero-order valence-electron chi connectivity index (χ0n) is 9.99. The fourth-order valence-electron chi connectivity index (χ4n) is 1.99. The van der Waals surface area contributed by atoms with E-state index in [1.54, 1.807) is 0 Å². The summed E-state index contributed by atoms with van der Waals surface area (Å²) in [4.78, 5) is 11.9. The summed E-state index contributed by atoms with van der Waals surface area (Å²) < 4.78 is 17.2. The van der Waals surface area contributed by atoms with Gasteiger partial charge in [0.05, 0.1) is 13.8 Å². The molecular weight excluding hydrogens is 221 g/mol.